The Morgan fingerprint density at radius 2 is 2.00 bits per heavy atom. The maximum Gasteiger partial charge on any atom is 0.262 e. The average Bonchev–Trinajstić information content (AvgIpc) is 3.10. The highest BCUT2D eigenvalue weighted by atomic mass is 32.1. The van der Waals surface area contributed by atoms with E-state index in [4.69, 9.17) is 0 Å². The topological polar surface area (TPSA) is 72.2 Å². The minimum Gasteiger partial charge on any atom is -0.298 e. The Morgan fingerprint density at radius 1 is 1.17 bits per heavy atom. The van der Waals surface area contributed by atoms with E-state index in [-0.39, 0.29) is 5.91 Å². The average molecular weight is 337 g/mol. The van der Waals surface area contributed by atoms with E-state index in [2.05, 4.69) is 26.4 Å². The summed E-state index contributed by atoms with van der Waals surface area (Å²) < 4.78 is 2.72. The van der Waals surface area contributed by atoms with Crippen molar-refractivity contribution in [1.82, 2.24) is 19.6 Å². The highest BCUT2D eigenvalue weighted by Crippen LogP contribution is 2.27. The number of hydrogen-bond acceptors (Lipinski definition) is 5. The predicted octanol–water partition coefficient (Wildman–Crippen LogP) is 3.52. The van der Waals surface area contributed by atoms with Gasteiger partial charge in [0.05, 0.1) is 16.4 Å². The van der Waals surface area contributed by atoms with Crippen molar-refractivity contribution < 1.29 is 4.79 Å². The van der Waals surface area contributed by atoms with Crippen LogP contribution in [0.15, 0.2) is 30.5 Å². The monoisotopic (exact) mass is 337 g/mol. The molecule has 3 aromatic heterocycles. The molecule has 4 aromatic rings. The van der Waals surface area contributed by atoms with Gasteiger partial charge in [0, 0.05) is 11.4 Å². The Labute approximate surface area is 142 Å². The minimum atomic E-state index is -0.252. The van der Waals surface area contributed by atoms with Crippen LogP contribution in [0, 0.1) is 20.8 Å². The lowest BCUT2D eigenvalue weighted by Gasteiger charge is -2.02. The van der Waals surface area contributed by atoms with E-state index in [1.165, 1.54) is 16.9 Å². The number of fused-ring (bicyclic) bond motifs is 2. The summed E-state index contributed by atoms with van der Waals surface area (Å²) in [5.74, 6) is -0.252. The van der Waals surface area contributed by atoms with Gasteiger partial charge in [-0.2, -0.15) is 5.10 Å². The number of carbonyl (C=O) groups is 1. The summed E-state index contributed by atoms with van der Waals surface area (Å²) in [7, 11) is 0. The van der Waals surface area contributed by atoms with Gasteiger partial charge in [-0.15, -0.1) is 0 Å². The first-order valence-corrected chi connectivity index (χ1v) is 8.33. The van der Waals surface area contributed by atoms with Crippen LogP contribution in [0.2, 0.25) is 0 Å². The number of carbonyl (C=O) groups excluding carboxylic acids is 1. The summed E-state index contributed by atoms with van der Waals surface area (Å²) >= 11 is 1.46. The zero-order chi connectivity index (χ0) is 16.8. The van der Waals surface area contributed by atoms with E-state index in [9.17, 15) is 4.79 Å². The van der Waals surface area contributed by atoms with Crippen LogP contribution in [0.5, 0.6) is 0 Å². The fourth-order valence-corrected chi connectivity index (χ4v) is 3.64. The summed E-state index contributed by atoms with van der Waals surface area (Å²) in [4.78, 5) is 21.5. The molecule has 0 aliphatic rings. The Balaban J connectivity index is 1.70. The standard InChI is InChI=1S/C17H15N5OS/c1-9-4-5-13-14(6-9)24-17(20-13)21-16(23)12-8-18-22-11(3)7-10(2)19-15(12)22/h4-8H,1-3H3,(H,20,21,23). The second-order valence-electron chi connectivity index (χ2n) is 5.78. The van der Waals surface area contributed by atoms with Crippen LogP contribution in [0.3, 0.4) is 0 Å². The highest BCUT2D eigenvalue weighted by molar-refractivity contribution is 7.22. The largest absolute Gasteiger partial charge is 0.298 e. The molecule has 0 spiro atoms. The summed E-state index contributed by atoms with van der Waals surface area (Å²) in [6, 6.07) is 7.96. The summed E-state index contributed by atoms with van der Waals surface area (Å²) in [5.41, 5.74) is 4.84. The van der Waals surface area contributed by atoms with E-state index < -0.39 is 0 Å². The Hall–Kier alpha value is -2.80. The second-order valence-corrected chi connectivity index (χ2v) is 6.81. The SMILES string of the molecule is Cc1ccc2nc(NC(=O)c3cnn4c(C)cc(C)nc34)sc2c1. The molecule has 3 heterocycles. The molecule has 0 atom stereocenters. The highest BCUT2D eigenvalue weighted by Gasteiger charge is 2.17. The van der Waals surface area contributed by atoms with E-state index >= 15 is 0 Å². The Morgan fingerprint density at radius 3 is 2.83 bits per heavy atom. The molecule has 7 heteroatoms. The van der Waals surface area contributed by atoms with Gasteiger partial charge >= 0.3 is 0 Å². The van der Waals surface area contributed by atoms with E-state index in [0.717, 1.165) is 21.6 Å². The number of hydrogen-bond donors (Lipinski definition) is 1. The molecule has 6 nitrogen and oxygen atoms in total. The van der Waals surface area contributed by atoms with Crippen LogP contribution in [0.25, 0.3) is 15.9 Å². The number of anilines is 1. The van der Waals surface area contributed by atoms with Gasteiger partial charge < -0.3 is 0 Å². The van der Waals surface area contributed by atoms with Crippen molar-refractivity contribution in [2.75, 3.05) is 5.32 Å². The number of nitrogens with zero attached hydrogens (tertiary/aromatic N) is 4. The second kappa shape index (κ2) is 5.38. The molecule has 24 heavy (non-hydrogen) atoms. The molecule has 4 rings (SSSR count). The molecular weight excluding hydrogens is 322 g/mol. The van der Waals surface area contributed by atoms with Crippen LogP contribution in [-0.2, 0) is 0 Å². The predicted molar refractivity (Wildman–Crippen MR) is 94.8 cm³/mol. The van der Waals surface area contributed by atoms with Crippen LogP contribution >= 0.6 is 11.3 Å². The van der Waals surface area contributed by atoms with Crippen molar-refractivity contribution in [2.24, 2.45) is 0 Å². The van der Waals surface area contributed by atoms with Crippen LogP contribution in [0.1, 0.15) is 27.3 Å². The third kappa shape index (κ3) is 2.43. The molecule has 1 amide bonds. The van der Waals surface area contributed by atoms with Crippen molar-refractivity contribution in [3.8, 4) is 0 Å². The lowest BCUT2D eigenvalue weighted by Crippen LogP contribution is -2.12. The molecule has 0 saturated heterocycles. The summed E-state index contributed by atoms with van der Waals surface area (Å²) in [6.07, 6.45) is 1.54. The smallest absolute Gasteiger partial charge is 0.262 e. The number of aromatic nitrogens is 4. The number of benzene rings is 1. The van der Waals surface area contributed by atoms with Gasteiger partial charge in [0.25, 0.3) is 5.91 Å². The van der Waals surface area contributed by atoms with E-state index in [1.807, 2.05) is 39.0 Å². The van der Waals surface area contributed by atoms with Gasteiger partial charge in [-0.25, -0.2) is 14.5 Å². The van der Waals surface area contributed by atoms with Crippen molar-refractivity contribution in [3.05, 3.63) is 53.0 Å². The molecule has 0 saturated carbocycles. The quantitative estimate of drug-likeness (QED) is 0.607. The van der Waals surface area contributed by atoms with Gasteiger partial charge in [0.1, 0.15) is 5.56 Å². The maximum atomic E-state index is 12.6. The molecule has 120 valence electrons. The Kier molecular flexibility index (Phi) is 3.31. The first kappa shape index (κ1) is 14.8. The molecule has 0 aliphatic carbocycles. The molecule has 0 unspecified atom stereocenters. The zero-order valence-corrected chi connectivity index (χ0v) is 14.3. The number of aryl methyl sites for hydroxylation is 3. The molecular formula is C17H15N5OS. The maximum absolute atomic E-state index is 12.6. The van der Waals surface area contributed by atoms with Crippen molar-refractivity contribution in [1.29, 1.82) is 0 Å². The number of rotatable bonds is 2. The minimum absolute atomic E-state index is 0.252. The fraction of sp³-hybridized carbons (Fsp3) is 0.176. The van der Waals surface area contributed by atoms with Gasteiger partial charge in [-0.3, -0.25) is 10.1 Å². The zero-order valence-electron chi connectivity index (χ0n) is 13.5. The van der Waals surface area contributed by atoms with Crippen molar-refractivity contribution in [3.63, 3.8) is 0 Å². The first-order valence-electron chi connectivity index (χ1n) is 7.52. The first-order chi connectivity index (χ1) is 11.5. The molecule has 0 aliphatic heterocycles. The van der Waals surface area contributed by atoms with Crippen LogP contribution < -0.4 is 5.32 Å². The van der Waals surface area contributed by atoms with Crippen LogP contribution in [0.4, 0.5) is 5.13 Å². The van der Waals surface area contributed by atoms with E-state index in [1.54, 1.807) is 10.7 Å². The lowest BCUT2D eigenvalue weighted by atomic mass is 10.2. The lowest BCUT2D eigenvalue weighted by molar-refractivity contribution is 0.102. The van der Waals surface area contributed by atoms with Crippen molar-refractivity contribution in [2.45, 2.75) is 20.8 Å². The van der Waals surface area contributed by atoms with Crippen LogP contribution in [-0.4, -0.2) is 25.5 Å². The molecule has 0 fully saturated rings. The third-order valence-corrected chi connectivity index (χ3v) is 4.72. The number of nitrogens with one attached hydrogen (secondary N) is 1. The van der Waals surface area contributed by atoms with Gasteiger partial charge in [-0.1, -0.05) is 17.4 Å². The van der Waals surface area contributed by atoms with Gasteiger partial charge in [-0.05, 0) is 44.5 Å². The molecule has 0 radical (unpaired) electrons. The molecule has 1 N–H and O–H groups in total. The van der Waals surface area contributed by atoms with Gasteiger partial charge in [0.15, 0.2) is 10.8 Å². The Bertz CT molecular complexity index is 1100. The molecule has 0 bridgehead atoms. The van der Waals surface area contributed by atoms with E-state index in [0.29, 0.717) is 16.3 Å². The fourth-order valence-electron chi connectivity index (χ4n) is 2.68. The summed E-state index contributed by atoms with van der Waals surface area (Å²) in [6.45, 7) is 5.87. The van der Waals surface area contributed by atoms with Crippen molar-refractivity contribution >= 4 is 38.2 Å². The number of thiazole rings is 1. The summed E-state index contributed by atoms with van der Waals surface area (Å²) in [5, 5.41) is 7.69. The number of amides is 1. The third-order valence-electron chi connectivity index (χ3n) is 3.79. The molecule has 1 aromatic carbocycles. The van der Waals surface area contributed by atoms with Gasteiger partial charge in [0.2, 0.25) is 0 Å². The normalized spacial score (nSPS) is 11.3.